The lowest BCUT2D eigenvalue weighted by Gasteiger charge is -2.36. The Morgan fingerprint density at radius 1 is 1.24 bits per heavy atom. The van der Waals surface area contributed by atoms with Crippen LogP contribution in [0.2, 0.25) is 0 Å². The molecule has 124 valence electrons. The van der Waals surface area contributed by atoms with Gasteiger partial charge in [0.1, 0.15) is 12.4 Å². The Balaban J connectivity index is 1.61. The summed E-state index contributed by atoms with van der Waals surface area (Å²) in [6, 6.07) is 6.37. The van der Waals surface area contributed by atoms with Crippen molar-refractivity contribution in [2.75, 3.05) is 24.6 Å². The van der Waals surface area contributed by atoms with Gasteiger partial charge in [-0.05, 0) is 60.1 Å². The first-order valence-corrected chi connectivity index (χ1v) is 8.72. The topological polar surface area (TPSA) is 40.6 Å². The Morgan fingerprint density at radius 3 is 3.00 bits per heavy atom. The van der Waals surface area contributed by atoms with E-state index in [4.69, 9.17) is 16.6 Å². The molecule has 0 unspecified atom stereocenters. The number of benzene rings is 1. The maximum atomic E-state index is 8.99. The Kier molecular flexibility index (Phi) is 4.04. The van der Waals surface area contributed by atoms with Crippen molar-refractivity contribution < 1.29 is 4.74 Å². The van der Waals surface area contributed by atoms with E-state index >= 15 is 0 Å². The first-order valence-electron chi connectivity index (χ1n) is 8.72. The SMILES string of the molecule is [C-]#[N+]/C(C#N)=C1C=C(/C=C/c2cc3c4c(c2)OCCN4CCC3)CC/1. The Labute approximate surface area is 148 Å². The van der Waals surface area contributed by atoms with Crippen LogP contribution in [0.5, 0.6) is 5.75 Å². The summed E-state index contributed by atoms with van der Waals surface area (Å²) in [6.45, 7) is 9.93. The lowest BCUT2D eigenvalue weighted by Crippen LogP contribution is -2.36. The van der Waals surface area contributed by atoms with E-state index in [1.807, 2.05) is 12.1 Å². The minimum atomic E-state index is 0.218. The largest absolute Gasteiger partial charge is 0.490 e. The second-order valence-electron chi connectivity index (χ2n) is 6.62. The van der Waals surface area contributed by atoms with Gasteiger partial charge in [0.2, 0.25) is 0 Å². The molecule has 2 heterocycles. The summed E-state index contributed by atoms with van der Waals surface area (Å²) in [4.78, 5) is 5.74. The zero-order valence-corrected chi connectivity index (χ0v) is 14.1. The maximum absolute atomic E-state index is 8.99. The highest BCUT2D eigenvalue weighted by Gasteiger charge is 2.25. The average Bonchev–Trinajstić information content (AvgIpc) is 3.10. The Bertz CT molecular complexity index is 846. The van der Waals surface area contributed by atoms with E-state index in [1.165, 1.54) is 23.2 Å². The van der Waals surface area contributed by atoms with Crippen molar-refractivity contribution >= 4 is 11.8 Å². The van der Waals surface area contributed by atoms with Crippen LogP contribution in [0, 0.1) is 17.9 Å². The predicted molar refractivity (Wildman–Crippen MR) is 98.1 cm³/mol. The van der Waals surface area contributed by atoms with Crippen molar-refractivity contribution in [2.45, 2.75) is 25.7 Å². The average molecular weight is 329 g/mol. The van der Waals surface area contributed by atoms with E-state index in [0.717, 1.165) is 55.8 Å². The molecule has 0 atom stereocenters. The summed E-state index contributed by atoms with van der Waals surface area (Å²) in [5.74, 6) is 1.00. The molecule has 0 aromatic heterocycles. The van der Waals surface area contributed by atoms with Crippen LogP contribution < -0.4 is 9.64 Å². The molecule has 4 heteroatoms. The normalized spacial score (nSPS) is 20.4. The third-order valence-corrected chi connectivity index (χ3v) is 5.04. The highest BCUT2D eigenvalue weighted by molar-refractivity contribution is 5.71. The fourth-order valence-electron chi connectivity index (χ4n) is 3.84. The molecule has 0 radical (unpaired) electrons. The van der Waals surface area contributed by atoms with Crippen LogP contribution in [0.4, 0.5) is 5.69 Å². The molecule has 0 saturated carbocycles. The fraction of sp³-hybridized carbons (Fsp3) is 0.333. The molecular weight excluding hydrogens is 310 g/mol. The Hall–Kier alpha value is -2.98. The van der Waals surface area contributed by atoms with Gasteiger partial charge in [0.15, 0.2) is 0 Å². The lowest BCUT2D eigenvalue weighted by atomic mass is 9.97. The molecular formula is C21H19N3O. The molecule has 4 rings (SSSR count). The summed E-state index contributed by atoms with van der Waals surface area (Å²) < 4.78 is 5.89. The summed E-state index contributed by atoms with van der Waals surface area (Å²) in [5, 5.41) is 8.99. The Morgan fingerprint density at radius 2 is 2.16 bits per heavy atom. The molecule has 3 aliphatic rings. The van der Waals surface area contributed by atoms with Gasteiger partial charge < -0.3 is 9.64 Å². The van der Waals surface area contributed by atoms with Crippen LogP contribution in [0.1, 0.15) is 30.4 Å². The summed E-state index contributed by atoms with van der Waals surface area (Å²) >= 11 is 0. The third-order valence-electron chi connectivity index (χ3n) is 5.04. The van der Waals surface area contributed by atoms with Crippen molar-refractivity contribution in [3.63, 3.8) is 0 Å². The van der Waals surface area contributed by atoms with Crippen molar-refractivity contribution in [3.05, 3.63) is 63.7 Å². The standard InChI is InChI=1S/C21H19N3O/c1-23-19(14-22)17-7-6-15(11-17)4-5-16-12-18-3-2-8-24-9-10-25-20(13-16)21(18)24/h4-5,11-13H,2-3,6-10H2/b5-4+,19-17+. The van der Waals surface area contributed by atoms with Crippen LogP contribution in [-0.2, 0) is 6.42 Å². The summed E-state index contributed by atoms with van der Waals surface area (Å²) in [6.07, 6.45) is 10.2. The number of allylic oxidation sites excluding steroid dienone is 5. The molecule has 0 saturated heterocycles. The minimum Gasteiger partial charge on any atom is -0.490 e. The van der Waals surface area contributed by atoms with Gasteiger partial charge in [0.05, 0.1) is 24.9 Å². The van der Waals surface area contributed by atoms with E-state index in [9.17, 15) is 0 Å². The van der Waals surface area contributed by atoms with E-state index in [2.05, 4.69) is 34.0 Å². The molecule has 1 aliphatic carbocycles. The predicted octanol–water partition coefficient (Wildman–Crippen LogP) is 4.26. The van der Waals surface area contributed by atoms with Crippen molar-refractivity contribution in [1.82, 2.24) is 0 Å². The van der Waals surface area contributed by atoms with E-state index < -0.39 is 0 Å². The smallest absolute Gasteiger partial charge is 0.265 e. The zero-order chi connectivity index (χ0) is 17.2. The van der Waals surface area contributed by atoms with Crippen LogP contribution in [-0.4, -0.2) is 19.7 Å². The quantitative estimate of drug-likeness (QED) is 0.601. The highest BCUT2D eigenvalue weighted by Crippen LogP contribution is 2.40. The zero-order valence-electron chi connectivity index (χ0n) is 14.1. The summed E-state index contributed by atoms with van der Waals surface area (Å²) in [7, 11) is 0. The van der Waals surface area contributed by atoms with Gasteiger partial charge in [0.25, 0.3) is 5.70 Å². The van der Waals surface area contributed by atoms with Crippen molar-refractivity contribution in [3.8, 4) is 11.8 Å². The first kappa shape index (κ1) is 15.5. The van der Waals surface area contributed by atoms with Crippen LogP contribution in [0.3, 0.4) is 0 Å². The van der Waals surface area contributed by atoms with Crippen molar-refractivity contribution in [2.24, 2.45) is 0 Å². The molecule has 1 aromatic carbocycles. The fourth-order valence-corrected chi connectivity index (χ4v) is 3.84. The van der Waals surface area contributed by atoms with Crippen LogP contribution >= 0.6 is 0 Å². The lowest BCUT2D eigenvalue weighted by molar-refractivity contribution is 0.304. The first-order chi connectivity index (χ1) is 12.3. The summed E-state index contributed by atoms with van der Waals surface area (Å²) in [5.41, 5.74) is 6.06. The number of aryl methyl sites for hydroxylation is 1. The van der Waals surface area contributed by atoms with Crippen LogP contribution in [0.25, 0.3) is 10.9 Å². The van der Waals surface area contributed by atoms with Gasteiger partial charge in [0, 0.05) is 6.54 Å². The molecule has 2 aliphatic heterocycles. The second kappa shape index (κ2) is 6.49. The van der Waals surface area contributed by atoms with Gasteiger partial charge in [-0.2, -0.15) is 0 Å². The number of ether oxygens (including phenoxy) is 1. The number of rotatable bonds is 2. The number of nitrogens with zero attached hydrogens (tertiary/aromatic N) is 3. The molecule has 1 aromatic rings. The van der Waals surface area contributed by atoms with Gasteiger partial charge in [-0.15, -0.1) is 0 Å². The van der Waals surface area contributed by atoms with Gasteiger partial charge in [-0.3, -0.25) is 0 Å². The number of nitriles is 1. The van der Waals surface area contributed by atoms with E-state index in [0.29, 0.717) is 0 Å². The number of hydrogen-bond donors (Lipinski definition) is 0. The van der Waals surface area contributed by atoms with Gasteiger partial charge in [-0.25, -0.2) is 10.1 Å². The molecule has 0 bridgehead atoms. The third kappa shape index (κ3) is 2.92. The van der Waals surface area contributed by atoms with Gasteiger partial charge >= 0.3 is 0 Å². The molecule has 0 fully saturated rings. The minimum absolute atomic E-state index is 0.218. The molecule has 4 nitrogen and oxygen atoms in total. The van der Waals surface area contributed by atoms with E-state index in [-0.39, 0.29) is 5.70 Å². The second-order valence-corrected chi connectivity index (χ2v) is 6.62. The molecule has 25 heavy (non-hydrogen) atoms. The van der Waals surface area contributed by atoms with Crippen molar-refractivity contribution in [1.29, 1.82) is 5.26 Å². The highest BCUT2D eigenvalue weighted by atomic mass is 16.5. The van der Waals surface area contributed by atoms with E-state index in [1.54, 1.807) is 0 Å². The van der Waals surface area contributed by atoms with Crippen LogP contribution in [0.15, 0.2) is 41.1 Å². The molecule has 0 amide bonds. The van der Waals surface area contributed by atoms with Gasteiger partial charge in [-0.1, -0.05) is 18.2 Å². The maximum Gasteiger partial charge on any atom is 0.265 e. The monoisotopic (exact) mass is 329 g/mol. The molecule has 0 spiro atoms. The number of hydrogen-bond acceptors (Lipinski definition) is 3. The number of anilines is 1. The molecule has 0 N–H and O–H groups in total.